The smallest absolute Gasteiger partial charge is 0.225 e. The van der Waals surface area contributed by atoms with Crippen molar-refractivity contribution in [1.82, 2.24) is 15.0 Å². The molecule has 33 heavy (non-hydrogen) atoms. The lowest BCUT2D eigenvalue weighted by Gasteiger charge is -2.36. The van der Waals surface area contributed by atoms with Gasteiger partial charge in [0.05, 0.1) is 19.3 Å². The van der Waals surface area contributed by atoms with Gasteiger partial charge in [0.15, 0.2) is 11.6 Å². The highest BCUT2D eigenvalue weighted by atomic mass is 19.1. The minimum absolute atomic E-state index is 0.0403. The van der Waals surface area contributed by atoms with Crippen LogP contribution in [0, 0.1) is 5.82 Å². The first-order chi connectivity index (χ1) is 16.1. The molecular formula is C24H27FN6O2. The highest BCUT2D eigenvalue weighted by molar-refractivity contribution is 5.57. The van der Waals surface area contributed by atoms with Crippen LogP contribution in [-0.2, 0) is 0 Å². The summed E-state index contributed by atoms with van der Waals surface area (Å²) in [5, 5.41) is 3.49. The summed E-state index contributed by atoms with van der Waals surface area (Å²) in [6, 6.07) is 10.7. The molecule has 2 aliphatic heterocycles. The molecule has 0 aliphatic carbocycles. The second kappa shape index (κ2) is 9.09. The number of benzene rings is 1. The van der Waals surface area contributed by atoms with Crippen LogP contribution in [0.4, 0.5) is 21.8 Å². The first-order valence-corrected chi connectivity index (χ1v) is 11.1. The van der Waals surface area contributed by atoms with Crippen LogP contribution in [-0.4, -0.2) is 54.8 Å². The number of aromatic nitrogens is 3. The monoisotopic (exact) mass is 450 g/mol. The Morgan fingerprint density at radius 1 is 1.12 bits per heavy atom. The summed E-state index contributed by atoms with van der Waals surface area (Å²) in [5.74, 6) is 2.35. The van der Waals surface area contributed by atoms with Crippen LogP contribution in [0.5, 0.6) is 11.6 Å². The number of piperidine rings is 1. The molecule has 3 aromatic rings. The van der Waals surface area contributed by atoms with Crippen LogP contribution in [0.25, 0.3) is 0 Å². The Bertz CT molecular complexity index is 1100. The molecule has 2 aromatic heterocycles. The van der Waals surface area contributed by atoms with Gasteiger partial charge in [-0.15, -0.1) is 0 Å². The average molecular weight is 451 g/mol. The van der Waals surface area contributed by atoms with Gasteiger partial charge in [-0.3, -0.25) is 0 Å². The second-order valence-electron chi connectivity index (χ2n) is 8.33. The van der Waals surface area contributed by atoms with E-state index in [0.717, 1.165) is 43.0 Å². The zero-order valence-corrected chi connectivity index (χ0v) is 18.7. The summed E-state index contributed by atoms with van der Waals surface area (Å²) in [6.07, 6.45) is 5.43. The molecule has 0 spiro atoms. The summed E-state index contributed by atoms with van der Waals surface area (Å²) in [4.78, 5) is 17.8. The van der Waals surface area contributed by atoms with Crippen molar-refractivity contribution < 1.29 is 13.9 Å². The van der Waals surface area contributed by atoms with E-state index in [2.05, 4.69) is 25.1 Å². The molecule has 0 amide bonds. The van der Waals surface area contributed by atoms with Crippen molar-refractivity contribution in [3.63, 3.8) is 0 Å². The molecule has 1 saturated heterocycles. The van der Waals surface area contributed by atoms with Gasteiger partial charge in [-0.2, -0.15) is 4.98 Å². The van der Waals surface area contributed by atoms with Crippen molar-refractivity contribution >= 4 is 17.5 Å². The third kappa shape index (κ3) is 4.48. The van der Waals surface area contributed by atoms with Crippen molar-refractivity contribution in [2.45, 2.75) is 24.9 Å². The quantitative estimate of drug-likeness (QED) is 0.631. The summed E-state index contributed by atoms with van der Waals surface area (Å²) >= 11 is 0. The maximum absolute atomic E-state index is 13.3. The zero-order valence-electron chi connectivity index (χ0n) is 18.7. The van der Waals surface area contributed by atoms with Gasteiger partial charge >= 0.3 is 0 Å². The first-order valence-electron chi connectivity index (χ1n) is 11.1. The SMILES string of the molecule is COc1cc(N2CCC(Nc3ncc4c(n3)N(C)C(c3ccc(F)cc3)CO4)CC2)ccn1. The van der Waals surface area contributed by atoms with E-state index < -0.39 is 0 Å². The molecule has 1 N–H and O–H groups in total. The van der Waals surface area contributed by atoms with Crippen LogP contribution in [0.1, 0.15) is 24.4 Å². The first kappa shape index (κ1) is 21.2. The largest absolute Gasteiger partial charge is 0.486 e. The third-order valence-corrected chi connectivity index (χ3v) is 6.31. The number of anilines is 3. The highest BCUT2D eigenvalue weighted by Crippen LogP contribution is 2.37. The van der Waals surface area contributed by atoms with Crippen LogP contribution < -0.4 is 24.6 Å². The van der Waals surface area contributed by atoms with Crippen LogP contribution in [0.3, 0.4) is 0 Å². The summed E-state index contributed by atoms with van der Waals surface area (Å²) in [7, 11) is 3.61. The number of likely N-dealkylation sites (N-methyl/N-ethyl adjacent to an activating group) is 1. The van der Waals surface area contributed by atoms with Crippen molar-refractivity contribution in [3.05, 3.63) is 60.2 Å². The number of hydrogen-bond donors (Lipinski definition) is 1. The molecule has 1 atom stereocenters. The van der Waals surface area contributed by atoms with E-state index in [1.165, 1.54) is 12.1 Å². The second-order valence-corrected chi connectivity index (χ2v) is 8.33. The molecule has 5 rings (SSSR count). The number of fused-ring (bicyclic) bond motifs is 1. The van der Waals surface area contributed by atoms with E-state index in [0.29, 0.717) is 24.2 Å². The summed E-state index contributed by atoms with van der Waals surface area (Å²) < 4.78 is 24.5. The molecule has 4 heterocycles. The molecule has 0 saturated carbocycles. The Morgan fingerprint density at radius 2 is 1.91 bits per heavy atom. The fourth-order valence-corrected chi connectivity index (χ4v) is 4.39. The Labute approximate surface area is 192 Å². The lowest BCUT2D eigenvalue weighted by Crippen LogP contribution is -2.39. The van der Waals surface area contributed by atoms with E-state index in [1.54, 1.807) is 31.6 Å². The van der Waals surface area contributed by atoms with Gasteiger partial charge < -0.3 is 24.6 Å². The number of nitrogens with one attached hydrogen (secondary N) is 1. The minimum Gasteiger partial charge on any atom is -0.486 e. The molecule has 9 heteroatoms. The van der Waals surface area contributed by atoms with E-state index in [9.17, 15) is 4.39 Å². The molecule has 8 nitrogen and oxygen atoms in total. The van der Waals surface area contributed by atoms with Gasteiger partial charge in [0.25, 0.3) is 0 Å². The average Bonchev–Trinajstić information content (AvgIpc) is 2.86. The Balaban J connectivity index is 1.24. The number of rotatable bonds is 5. The number of ether oxygens (including phenoxy) is 2. The minimum atomic E-state index is -0.249. The van der Waals surface area contributed by atoms with E-state index in [4.69, 9.17) is 14.5 Å². The van der Waals surface area contributed by atoms with Gasteiger partial charge in [-0.25, -0.2) is 14.4 Å². The maximum Gasteiger partial charge on any atom is 0.225 e. The lowest BCUT2D eigenvalue weighted by molar-refractivity contribution is 0.265. The van der Waals surface area contributed by atoms with Gasteiger partial charge in [0, 0.05) is 44.1 Å². The number of halogens is 1. The van der Waals surface area contributed by atoms with Crippen LogP contribution in [0.15, 0.2) is 48.8 Å². The van der Waals surface area contributed by atoms with Gasteiger partial charge in [-0.1, -0.05) is 12.1 Å². The van der Waals surface area contributed by atoms with Gasteiger partial charge in [-0.05, 0) is 36.6 Å². The fourth-order valence-electron chi connectivity index (χ4n) is 4.39. The molecular weight excluding hydrogens is 423 g/mol. The number of nitrogens with zero attached hydrogens (tertiary/aromatic N) is 5. The molecule has 0 radical (unpaired) electrons. The maximum atomic E-state index is 13.3. The standard InChI is InChI=1S/C24H27FN6O2/c1-30-20(16-3-5-17(25)6-4-16)15-33-21-14-27-24(29-23(21)30)28-18-8-11-31(12-9-18)19-7-10-26-22(13-19)32-2/h3-7,10,13-14,18,20H,8-9,11-12,15H2,1-2H3,(H,27,28,29). The molecule has 2 aliphatic rings. The fraction of sp³-hybridized carbons (Fsp3) is 0.375. The summed E-state index contributed by atoms with van der Waals surface area (Å²) in [6.45, 7) is 2.31. The van der Waals surface area contributed by atoms with Crippen molar-refractivity contribution in [1.29, 1.82) is 0 Å². The highest BCUT2D eigenvalue weighted by Gasteiger charge is 2.29. The van der Waals surface area contributed by atoms with E-state index >= 15 is 0 Å². The van der Waals surface area contributed by atoms with Gasteiger partial charge in [0.2, 0.25) is 11.8 Å². The molecule has 0 bridgehead atoms. The third-order valence-electron chi connectivity index (χ3n) is 6.31. The Kier molecular flexibility index (Phi) is 5.85. The Morgan fingerprint density at radius 3 is 2.67 bits per heavy atom. The number of hydrogen-bond acceptors (Lipinski definition) is 8. The number of pyridine rings is 1. The van der Waals surface area contributed by atoms with Crippen LogP contribution in [0.2, 0.25) is 0 Å². The van der Waals surface area contributed by atoms with E-state index in [-0.39, 0.29) is 17.9 Å². The molecule has 1 fully saturated rings. The summed E-state index contributed by atoms with van der Waals surface area (Å²) in [5.41, 5.74) is 2.11. The molecule has 1 aromatic carbocycles. The van der Waals surface area contributed by atoms with Crippen molar-refractivity contribution in [2.24, 2.45) is 0 Å². The molecule has 172 valence electrons. The predicted molar refractivity (Wildman–Crippen MR) is 125 cm³/mol. The predicted octanol–water partition coefficient (Wildman–Crippen LogP) is 3.67. The topological polar surface area (TPSA) is 75.6 Å². The van der Waals surface area contributed by atoms with Crippen molar-refractivity contribution in [2.75, 3.05) is 49.0 Å². The Hall–Kier alpha value is -3.62. The zero-order chi connectivity index (χ0) is 22.8. The van der Waals surface area contributed by atoms with Gasteiger partial charge in [0.1, 0.15) is 12.4 Å². The lowest BCUT2D eigenvalue weighted by atomic mass is 10.0. The normalized spacial score (nSPS) is 18.5. The number of methoxy groups -OCH3 is 1. The van der Waals surface area contributed by atoms with E-state index in [1.807, 2.05) is 19.2 Å². The van der Waals surface area contributed by atoms with Crippen molar-refractivity contribution in [3.8, 4) is 11.6 Å². The van der Waals surface area contributed by atoms with Crippen LogP contribution >= 0.6 is 0 Å². The molecule has 1 unspecified atom stereocenters.